The van der Waals surface area contributed by atoms with E-state index in [9.17, 15) is 9.59 Å². The van der Waals surface area contributed by atoms with Crippen LogP contribution in [0.5, 0.6) is 0 Å². The lowest BCUT2D eigenvalue weighted by molar-refractivity contribution is -0.153. The second-order valence-electron chi connectivity index (χ2n) is 3.59. The smallest absolute Gasteiger partial charge is 0.333 e. The second kappa shape index (κ2) is 2.78. The van der Waals surface area contributed by atoms with Crippen LogP contribution in [0.4, 0.5) is 0 Å². The molecule has 2 fully saturated rings. The van der Waals surface area contributed by atoms with E-state index in [1.165, 1.54) is 0 Å². The molecule has 72 valence electrons. The molecule has 0 aromatic rings. The molecule has 2 atom stereocenters. The van der Waals surface area contributed by atoms with Gasteiger partial charge >= 0.3 is 11.9 Å². The molecule has 2 aliphatic rings. The number of nitrogens with zero attached hydrogens (tertiary/aromatic N) is 2. The normalized spacial score (nSPS) is 36.2. The van der Waals surface area contributed by atoms with Crippen LogP contribution in [0.25, 0.3) is 0 Å². The van der Waals surface area contributed by atoms with Crippen molar-refractivity contribution in [1.82, 2.24) is 9.80 Å². The van der Waals surface area contributed by atoms with Gasteiger partial charge in [0.15, 0.2) is 0 Å². The standard InChI is InChI=1S/C8H12N2O3/c1-9-3-4-10(2)6-5(9)7(11)13-8(6)12/h5-6H,3-4H2,1-2H3. The Morgan fingerprint density at radius 2 is 1.46 bits per heavy atom. The number of likely N-dealkylation sites (N-methyl/N-ethyl adjacent to an activating group) is 2. The van der Waals surface area contributed by atoms with Crippen LogP contribution in [-0.4, -0.2) is 61.0 Å². The third-order valence-electron chi connectivity index (χ3n) is 2.74. The molecule has 13 heavy (non-hydrogen) atoms. The minimum atomic E-state index is -0.413. The van der Waals surface area contributed by atoms with Gasteiger partial charge in [0.1, 0.15) is 12.1 Å². The van der Waals surface area contributed by atoms with Gasteiger partial charge in [-0.25, -0.2) is 9.59 Å². The quantitative estimate of drug-likeness (QED) is 0.345. The summed E-state index contributed by atoms with van der Waals surface area (Å²) in [7, 11) is 3.68. The highest BCUT2D eigenvalue weighted by molar-refractivity contribution is 6.01. The Kier molecular flexibility index (Phi) is 1.85. The molecule has 0 spiro atoms. The van der Waals surface area contributed by atoms with Gasteiger partial charge in [0, 0.05) is 13.1 Å². The molecule has 0 aromatic heterocycles. The van der Waals surface area contributed by atoms with Gasteiger partial charge in [0.25, 0.3) is 0 Å². The predicted octanol–water partition coefficient (Wildman–Crippen LogP) is -1.32. The van der Waals surface area contributed by atoms with Gasteiger partial charge in [-0.3, -0.25) is 9.80 Å². The number of hydrogen-bond acceptors (Lipinski definition) is 5. The second-order valence-corrected chi connectivity index (χ2v) is 3.59. The first kappa shape index (κ1) is 8.65. The van der Waals surface area contributed by atoms with Gasteiger partial charge in [0.2, 0.25) is 0 Å². The Bertz CT molecular complexity index is 240. The SMILES string of the molecule is CN1CCN(C)C2C(=O)OC(=O)C21. The zero-order chi connectivity index (χ0) is 9.59. The van der Waals surface area contributed by atoms with E-state index in [2.05, 4.69) is 4.74 Å². The summed E-state index contributed by atoms with van der Waals surface area (Å²) in [5, 5.41) is 0. The molecule has 0 N–H and O–H groups in total. The van der Waals surface area contributed by atoms with Crippen LogP contribution in [0, 0.1) is 0 Å². The van der Waals surface area contributed by atoms with Crippen molar-refractivity contribution in [2.75, 3.05) is 27.2 Å². The predicted molar refractivity (Wildman–Crippen MR) is 43.9 cm³/mol. The van der Waals surface area contributed by atoms with Crippen LogP contribution in [-0.2, 0) is 14.3 Å². The maximum Gasteiger partial charge on any atom is 0.333 e. The molecule has 0 bridgehead atoms. The molecule has 2 unspecified atom stereocenters. The Labute approximate surface area is 76.2 Å². The number of hydrogen-bond donors (Lipinski definition) is 0. The largest absolute Gasteiger partial charge is 0.391 e. The number of rotatable bonds is 0. The van der Waals surface area contributed by atoms with Gasteiger partial charge in [-0.15, -0.1) is 0 Å². The van der Waals surface area contributed by atoms with Crippen molar-refractivity contribution >= 4 is 11.9 Å². The van der Waals surface area contributed by atoms with Crippen LogP contribution in [0.2, 0.25) is 0 Å². The summed E-state index contributed by atoms with van der Waals surface area (Å²) in [5.74, 6) is -0.826. The molecule has 2 aliphatic heterocycles. The fourth-order valence-corrected chi connectivity index (χ4v) is 1.91. The van der Waals surface area contributed by atoms with E-state index in [-0.39, 0.29) is 0 Å². The molecule has 0 radical (unpaired) electrons. The van der Waals surface area contributed by atoms with E-state index < -0.39 is 24.0 Å². The van der Waals surface area contributed by atoms with Crippen molar-refractivity contribution in [1.29, 1.82) is 0 Å². The van der Waals surface area contributed by atoms with Crippen molar-refractivity contribution in [3.63, 3.8) is 0 Å². The molecule has 0 amide bonds. The summed E-state index contributed by atoms with van der Waals surface area (Å²) in [4.78, 5) is 26.3. The van der Waals surface area contributed by atoms with Crippen molar-refractivity contribution in [3.05, 3.63) is 0 Å². The monoisotopic (exact) mass is 184 g/mol. The molecule has 0 saturated carbocycles. The Morgan fingerprint density at radius 3 is 1.85 bits per heavy atom. The average molecular weight is 184 g/mol. The molecule has 5 nitrogen and oxygen atoms in total. The highest BCUT2D eigenvalue weighted by atomic mass is 16.6. The summed E-state index contributed by atoms with van der Waals surface area (Å²) in [5.41, 5.74) is 0. The van der Waals surface area contributed by atoms with Crippen LogP contribution >= 0.6 is 0 Å². The molecule has 2 heterocycles. The number of fused-ring (bicyclic) bond motifs is 1. The van der Waals surface area contributed by atoms with Crippen molar-refractivity contribution in [3.8, 4) is 0 Å². The maximum absolute atomic E-state index is 11.3. The molecule has 2 rings (SSSR count). The van der Waals surface area contributed by atoms with E-state index in [0.29, 0.717) is 0 Å². The van der Waals surface area contributed by atoms with E-state index in [1.807, 2.05) is 23.9 Å². The molecular formula is C8H12N2O3. The number of carbonyl (C=O) groups is 2. The fraction of sp³-hybridized carbons (Fsp3) is 0.750. The van der Waals surface area contributed by atoms with E-state index in [4.69, 9.17) is 0 Å². The van der Waals surface area contributed by atoms with Crippen LogP contribution in [0.1, 0.15) is 0 Å². The first-order chi connectivity index (χ1) is 6.11. The molecule has 2 saturated heterocycles. The molecule has 0 aliphatic carbocycles. The lowest BCUT2D eigenvalue weighted by atomic mass is 10.1. The third kappa shape index (κ3) is 1.15. The molecule has 5 heteroatoms. The number of ether oxygens (including phenoxy) is 1. The van der Waals surface area contributed by atoms with E-state index in [1.54, 1.807) is 0 Å². The van der Waals surface area contributed by atoms with Gasteiger partial charge in [-0.05, 0) is 14.1 Å². The van der Waals surface area contributed by atoms with Crippen LogP contribution in [0.3, 0.4) is 0 Å². The zero-order valence-corrected chi connectivity index (χ0v) is 7.69. The Morgan fingerprint density at radius 1 is 1.08 bits per heavy atom. The summed E-state index contributed by atoms with van der Waals surface area (Å²) in [6.07, 6.45) is 0. The lowest BCUT2D eigenvalue weighted by Gasteiger charge is -2.36. The lowest BCUT2D eigenvalue weighted by Crippen LogP contribution is -2.58. The number of esters is 2. The maximum atomic E-state index is 11.3. The van der Waals surface area contributed by atoms with Crippen molar-refractivity contribution in [2.24, 2.45) is 0 Å². The first-order valence-electron chi connectivity index (χ1n) is 4.27. The van der Waals surface area contributed by atoms with Crippen LogP contribution < -0.4 is 0 Å². The summed E-state index contributed by atoms with van der Waals surface area (Å²) >= 11 is 0. The van der Waals surface area contributed by atoms with Crippen molar-refractivity contribution < 1.29 is 14.3 Å². The van der Waals surface area contributed by atoms with Crippen molar-refractivity contribution in [2.45, 2.75) is 12.1 Å². The third-order valence-corrected chi connectivity index (χ3v) is 2.74. The van der Waals surface area contributed by atoms with Crippen LogP contribution in [0.15, 0.2) is 0 Å². The summed E-state index contributed by atoms with van der Waals surface area (Å²) in [6, 6.07) is -0.794. The number of piperazine rings is 1. The number of cyclic esters (lactones) is 2. The molecular weight excluding hydrogens is 172 g/mol. The zero-order valence-electron chi connectivity index (χ0n) is 7.69. The van der Waals surface area contributed by atoms with Gasteiger partial charge in [-0.2, -0.15) is 0 Å². The van der Waals surface area contributed by atoms with Gasteiger partial charge in [-0.1, -0.05) is 0 Å². The topological polar surface area (TPSA) is 49.9 Å². The minimum absolute atomic E-state index is 0.397. The Balaban J connectivity index is 2.29. The fourth-order valence-electron chi connectivity index (χ4n) is 1.91. The number of carbonyl (C=O) groups excluding carboxylic acids is 2. The minimum Gasteiger partial charge on any atom is -0.391 e. The molecule has 0 aromatic carbocycles. The van der Waals surface area contributed by atoms with Gasteiger partial charge in [0.05, 0.1) is 0 Å². The Hall–Kier alpha value is -0.940. The summed E-state index contributed by atoms with van der Waals surface area (Å²) < 4.78 is 4.59. The van der Waals surface area contributed by atoms with Gasteiger partial charge < -0.3 is 4.74 Å². The highest BCUT2D eigenvalue weighted by Crippen LogP contribution is 2.22. The average Bonchev–Trinajstić information content (AvgIpc) is 2.36. The highest BCUT2D eigenvalue weighted by Gasteiger charge is 2.50. The first-order valence-corrected chi connectivity index (χ1v) is 4.27. The summed E-state index contributed by atoms with van der Waals surface area (Å²) in [6.45, 7) is 1.58. The van der Waals surface area contributed by atoms with E-state index in [0.717, 1.165) is 13.1 Å². The van der Waals surface area contributed by atoms with E-state index >= 15 is 0 Å².